The number of morpholine rings is 1. The van der Waals surface area contributed by atoms with Gasteiger partial charge in [-0.15, -0.1) is 0 Å². The summed E-state index contributed by atoms with van der Waals surface area (Å²) in [5.74, 6) is -0.0923. The number of hydrogen-bond acceptors (Lipinski definition) is 3. The zero-order valence-electron chi connectivity index (χ0n) is 6.41. The number of carbonyl (C=O) groups excluding carboxylic acids is 1. The Hall–Kier alpha value is -1.08. The van der Waals surface area contributed by atoms with Crippen molar-refractivity contribution < 1.29 is 9.53 Å². The van der Waals surface area contributed by atoms with E-state index in [1.165, 1.54) is 4.90 Å². The van der Waals surface area contributed by atoms with Crippen molar-refractivity contribution in [2.75, 3.05) is 19.8 Å². The van der Waals surface area contributed by atoms with Gasteiger partial charge in [-0.1, -0.05) is 0 Å². The molecule has 1 aliphatic rings. The molecule has 1 amide bonds. The number of nitriles is 1. The van der Waals surface area contributed by atoms with E-state index in [1.807, 2.05) is 13.0 Å². The van der Waals surface area contributed by atoms with E-state index >= 15 is 0 Å². The third kappa shape index (κ3) is 1.49. The Morgan fingerprint density at radius 2 is 2.64 bits per heavy atom. The van der Waals surface area contributed by atoms with Crippen LogP contribution < -0.4 is 0 Å². The van der Waals surface area contributed by atoms with Gasteiger partial charge in [0.05, 0.1) is 12.7 Å². The Labute approximate surface area is 65.4 Å². The Kier molecular flexibility index (Phi) is 2.44. The van der Waals surface area contributed by atoms with Crippen LogP contribution in [0, 0.1) is 11.3 Å². The molecule has 60 valence electrons. The first kappa shape index (κ1) is 8.02. The highest BCUT2D eigenvalue weighted by Crippen LogP contribution is 2.05. The van der Waals surface area contributed by atoms with Gasteiger partial charge in [-0.05, 0) is 6.92 Å². The van der Waals surface area contributed by atoms with Crippen molar-refractivity contribution >= 4 is 5.91 Å². The van der Waals surface area contributed by atoms with Crippen LogP contribution in [0.1, 0.15) is 6.92 Å². The number of ether oxygens (including phenoxy) is 1. The molecule has 1 rings (SSSR count). The summed E-state index contributed by atoms with van der Waals surface area (Å²) in [5.41, 5.74) is 0. The zero-order valence-corrected chi connectivity index (χ0v) is 6.41. The number of hydrogen-bond donors (Lipinski definition) is 0. The summed E-state index contributed by atoms with van der Waals surface area (Å²) in [4.78, 5) is 12.6. The van der Waals surface area contributed by atoms with Crippen molar-refractivity contribution in [3.05, 3.63) is 0 Å². The second-order valence-electron chi connectivity index (χ2n) is 2.34. The summed E-state index contributed by atoms with van der Waals surface area (Å²) in [6.07, 6.45) is 0. The van der Waals surface area contributed by atoms with Crippen LogP contribution in [0.5, 0.6) is 0 Å². The second-order valence-corrected chi connectivity index (χ2v) is 2.34. The fraction of sp³-hybridized carbons (Fsp3) is 0.714. The molecule has 0 spiro atoms. The molecule has 0 aliphatic carbocycles. The number of nitrogens with zero attached hydrogens (tertiary/aromatic N) is 2. The fourth-order valence-corrected chi connectivity index (χ4v) is 1.11. The molecule has 11 heavy (non-hydrogen) atoms. The summed E-state index contributed by atoms with van der Waals surface area (Å²) in [7, 11) is 0. The molecule has 1 atom stereocenters. The minimum absolute atomic E-state index is 0.0923. The van der Waals surface area contributed by atoms with Crippen LogP contribution in [0.2, 0.25) is 0 Å². The summed E-state index contributed by atoms with van der Waals surface area (Å²) in [6, 6.07) is 1.63. The first-order valence-electron chi connectivity index (χ1n) is 3.56. The third-order valence-electron chi connectivity index (χ3n) is 1.69. The predicted molar refractivity (Wildman–Crippen MR) is 37.6 cm³/mol. The average molecular weight is 154 g/mol. The minimum Gasteiger partial charge on any atom is -0.368 e. The lowest BCUT2D eigenvalue weighted by Crippen LogP contribution is -2.48. The Morgan fingerprint density at radius 3 is 3.09 bits per heavy atom. The predicted octanol–water partition coefficient (Wildman–Crippen LogP) is -0.243. The van der Waals surface area contributed by atoms with E-state index in [0.717, 1.165) is 0 Å². The molecule has 4 heteroatoms. The van der Waals surface area contributed by atoms with Crippen LogP contribution in [0.3, 0.4) is 0 Å². The van der Waals surface area contributed by atoms with E-state index in [9.17, 15) is 4.79 Å². The number of rotatable bonds is 1. The van der Waals surface area contributed by atoms with Crippen molar-refractivity contribution in [1.82, 2.24) is 4.90 Å². The highest BCUT2D eigenvalue weighted by atomic mass is 16.5. The van der Waals surface area contributed by atoms with Crippen molar-refractivity contribution in [2.45, 2.75) is 13.0 Å². The van der Waals surface area contributed by atoms with Gasteiger partial charge < -0.3 is 9.64 Å². The van der Waals surface area contributed by atoms with Gasteiger partial charge in [0.2, 0.25) is 5.91 Å². The first-order valence-corrected chi connectivity index (χ1v) is 3.56. The molecule has 0 bridgehead atoms. The highest BCUT2D eigenvalue weighted by molar-refractivity contribution is 5.78. The molecule has 1 aliphatic heterocycles. The lowest BCUT2D eigenvalue weighted by atomic mass is 10.2. The van der Waals surface area contributed by atoms with Crippen LogP contribution in [0.4, 0.5) is 0 Å². The molecule has 0 aromatic carbocycles. The fourth-order valence-electron chi connectivity index (χ4n) is 1.11. The average Bonchev–Trinajstić information content (AvgIpc) is 2.04. The molecule has 0 saturated carbocycles. The molecule has 0 aromatic heterocycles. The van der Waals surface area contributed by atoms with Crippen LogP contribution in [-0.2, 0) is 9.53 Å². The molecule has 0 aromatic rings. The Morgan fingerprint density at radius 1 is 1.91 bits per heavy atom. The number of carbonyl (C=O) groups is 1. The van der Waals surface area contributed by atoms with E-state index in [4.69, 9.17) is 10.00 Å². The minimum atomic E-state index is -0.388. The maximum atomic E-state index is 11.0. The summed E-state index contributed by atoms with van der Waals surface area (Å²) < 4.78 is 4.90. The van der Waals surface area contributed by atoms with Crippen molar-refractivity contribution in [1.29, 1.82) is 5.26 Å². The van der Waals surface area contributed by atoms with Crippen LogP contribution in [0.25, 0.3) is 0 Å². The molecule has 0 N–H and O–H groups in total. The van der Waals surface area contributed by atoms with Gasteiger partial charge in [0.1, 0.15) is 12.6 Å². The molecule has 1 unspecified atom stereocenters. The maximum Gasteiger partial charge on any atom is 0.249 e. The normalized spacial score (nSPS) is 24.9. The van der Waals surface area contributed by atoms with Gasteiger partial charge in [0.15, 0.2) is 0 Å². The molecule has 1 fully saturated rings. The van der Waals surface area contributed by atoms with E-state index in [1.54, 1.807) is 0 Å². The maximum absolute atomic E-state index is 11.0. The highest BCUT2D eigenvalue weighted by Gasteiger charge is 2.26. The van der Waals surface area contributed by atoms with E-state index < -0.39 is 0 Å². The Bertz CT molecular complexity index is 197. The van der Waals surface area contributed by atoms with E-state index in [2.05, 4.69) is 0 Å². The number of likely N-dealkylation sites (N-methyl/N-ethyl adjacent to an activating group) is 1. The quantitative estimate of drug-likeness (QED) is 0.523. The molecule has 0 radical (unpaired) electrons. The van der Waals surface area contributed by atoms with E-state index in [-0.39, 0.29) is 18.6 Å². The van der Waals surface area contributed by atoms with Crippen molar-refractivity contribution in [3.63, 3.8) is 0 Å². The topological polar surface area (TPSA) is 53.3 Å². The van der Waals surface area contributed by atoms with Crippen LogP contribution in [0.15, 0.2) is 0 Å². The second kappa shape index (κ2) is 3.35. The van der Waals surface area contributed by atoms with Gasteiger partial charge in [0.25, 0.3) is 0 Å². The summed E-state index contributed by atoms with van der Waals surface area (Å²) in [5, 5.41) is 8.59. The molecule has 1 saturated heterocycles. The lowest BCUT2D eigenvalue weighted by Gasteiger charge is -2.29. The van der Waals surface area contributed by atoms with Gasteiger partial charge >= 0.3 is 0 Å². The largest absolute Gasteiger partial charge is 0.368 e. The molecular weight excluding hydrogens is 144 g/mol. The molecular formula is C7H10N2O2. The smallest absolute Gasteiger partial charge is 0.249 e. The summed E-state index contributed by atoms with van der Waals surface area (Å²) >= 11 is 0. The molecule has 1 heterocycles. The zero-order chi connectivity index (χ0) is 8.27. The third-order valence-corrected chi connectivity index (χ3v) is 1.69. The summed E-state index contributed by atoms with van der Waals surface area (Å²) in [6.45, 7) is 2.90. The van der Waals surface area contributed by atoms with Gasteiger partial charge in [-0.3, -0.25) is 4.79 Å². The molecule has 4 nitrogen and oxygen atoms in total. The van der Waals surface area contributed by atoms with Crippen LogP contribution in [-0.4, -0.2) is 36.6 Å². The lowest BCUT2D eigenvalue weighted by molar-refractivity contribution is -0.145. The standard InChI is InChI=1S/C7H10N2O2/c1-2-9-6(3-8)4-11-5-7(9)10/h6H,2,4-5H2,1H3. The van der Waals surface area contributed by atoms with Gasteiger partial charge in [0, 0.05) is 6.54 Å². The van der Waals surface area contributed by atoms with Gasteiger partial charge in [-0.25, -0.2) is 0 Å². The number of amides is 1. The van der Waals surface area contributed by atoms with Gasteiger partial charge in [-0.2, -0.15) is 5.26 Å². The monoisotopic (exact) mass is 154 g/mol. The SMILES string of the molecule is CCN1C(=O)COCC1C#N. The van der Waals surface area contributed by atoms with Crippen molar-refractivity contribution in [3.8, 4) is 6.07 Å². The van der Waals surface area contributed by atoms with Crippen LogP contribution >= 0.6 is 0 Å². The van der Waals surface area contributed by atoms with Crippen molar-refractivity contribution in [2.24, 2.45) is 0 Å². The van der Waals surface area contributed by atoms with E-state index in [0.29, 0.717) is 13.2 Å². The Balaban J connectivity index is 2.65. The first-order chi connectivity index (χ1) is 5.29.